The number of carbonyl (C=O) groups is 2. The zero-order valence-corrected chi connectivity index (χ0v) is 14.0. The quantitative estimate of drug-likeness (QED) is 0.920. The molecule has 6 heteroatoms. The summed E-state index contributed by atoms with van der Waals surface area (Å²) >= 11 is 0. The van der Waals surface area contributed by atoms with Crippen LogP contribution in [0.1, 0.15) is 51.1 Å². The largest absolute Gasteiger partial charge is 0.340 e. The van der Waals surface area contributed by atoms with E-state index in [9.17, 15) is 9.59 Å². The van der Waals surface area contributed by atoms with Crippen molar-refractivity contribution in [1.82, 2.24) is 20.0 Å². The average molecular weight is 318 g/mol. The Morgan fingerprint density at radius 3 is 2.78 bits per heavy atom. The molecular weight excluding hydrogens is 292 g/mol. The molecule has 23 heavy (non-hydrogen) atoms. The summed E-state index contributed by atoms with van der Waals surface area (Å²) < 4.78 is 0. The molecule has 2 amide bonds. The van der Waals surface area contributed by atoms with Crippen LogP contribution in [0.5, 0.6) is 0 Å². The SMILES string of the molecule is CC(C)[C@H](C(=O)N1CCC[C@@H](c2ccn[nH]2)C1)N1CCCC1=O. The van der Waals surface area contributed by atoms with Crippen LogP contribution in [0.15, 0.2) is 12.3 Å². The molecule has 0 unspecified atom stereocenters. The molecule has 2 atom stereocenters. The summed E-state index contributed by atoms with van der Waals surface area (Å²) in [5.41, 5.74) is 1.10. The lowest BCUT2D eigenvalue weighted by Crippen LogP contribution is -2.53. The topological polar surface area (TPSA) is 69.3 Å². The summed E-state index contributed by atoms with van der Waals surface area (Å²) in [5, 5.41) is 7.05. The van der Waals surface area contributed by atoms with E-state index in [-0.39, 0.29) is 23.8 Å². The van der Waals surface area contributed by atoms with Gasteiger partial charge in [0, 0.05) is 43.9 Å². The zero-order chi connectivity index (χ0) is 16.4. The van der Waals surface area contributed by atoms with Gasteiger partial charge in [-0.15, -0.1) is 0 Å². The van der Waals surface area contributed by atoms with Crippen molar-refractivity contribution in [3.8, 4) is 0 Å². The Hall–Kier alpha value is -1.85. The molecule has 1 aromatic rings. The number of aromatic amines is 1. The molecule has 0 saturated carbocycles. The molecule has 0 bridgehead atoms. The Morgan fingerprint density at radius 1 is 1.35 bits per heavy atom. The van der Waals surface area contributed by atoms with Crippen LogP contribution < -0.4 is 0 Å². The van der Waals surface area contributed by atoms with Gasteiger partial charge in [0.05, 0.1) is 0 Å². The lowest BCUT2D eigenvalue weighted by atomic mass is 9.93. The number of piperidine rings is 1. The van der Waals surface area contributed by atoms with Crippen molar-refractivity contribution in [3.63, 3.8) is 0 Å². The van der Waals surface area contributed by atoms with Gasteiger partial charge in [-0.05, 0) is 31.2 Å². The molecule has 3 rings (SSSR count). The third-order valence-corrected chi connectivity index (χ3v) is 5.03. The fraction of sp³-hybridized carbons (Fsp3) is 0.706. The highest BCUT2D eigenvalue weighted by Crippen LogP contribution is 2.28. The summed E-state index contributed by atoms with van der Waals surface area (Å²) in [4.78, 5) is 28.9. The molecule has 2 fully saturated rings. The predicted octanol–water partition coefficient (Wildman–Crippen LogP) is 1.76. The molecule has 0 radical (unpaired) electrons. The van der Waals surface area contributed by atoms with Crippen LogP contribution in [-0.2, 0) is 9.59 Å². The van der Waals surface area contributed by atoms with Crippen LogP contribution in [0.3, 0.4) is 0 Å². The average Bonchev–Trinajstić information content (AvgIpc) is 3.20. The molecule has 3 heterocycles. The van der Waals surface area contributed by atoms with Crippen LogP contribution in [-0.4, -0.2) is 57.5 Å². The number of nitrogens with one attached hydrogen (secondary N) is 1. The minimum atomic E-state index is -0.314. The van der Waals surface area contributed by atoms with Crippen LogP contribution >= 0.6 is 0 Å². The number of nitrogens with zero attached hydrogens (tertiary/aromatic N) is 3. The third-order valence-electron chi connectivity index (χ3n) is 5.03. The van der Waals surface area contributed by atoms with E-state index < -0.39 is 0 Å². The summed E-state index contributed by atoms with van der Waals surface area (Å²) in [6.45, 7) is 6.28. The van der Waals surface area contributed by atoms with Crippen molar-refractivity contribution < 1.29 is 9.59 Å². The molecule has 1 aromatic heterocycles. The number of carbonyl (C=O) groups excluding carboxylic acids is 2. The number of rotatable bonds is 4. The van der Waals surface area contributed by atoms with Crippen molar-refractivity contribution in [1.29, 1.82) is 0 Å². The number of aromatic nitrogens is 2. The van der Waals surface area contributed by atoms with E-state index in [1.165, 1.54) is 0 Å². The molecule has 6 nitrogen and oxygen atoms in total. The van der Waals surface area contributed by atoms with Gasteiger partial charge in [-0.2, -0.15) is 5.10 Å². The molecule has 2 saturated heterocycles. The lowest BCUT2D eigenvalue weighted by molar-refractivity contribution is -0.146. The van der Waals surface area contributed by atoms with Gasteiger partial charge < -0.3 is 9.80 Å². The van der Waals surface area contributed by atoms with Gasteiger partial charge in [-0.3, -0.25) is 14.7 Å². The molecule has 126 valence electrons. The predicted molar refractivity (Wildman–Crippen MR) is 86.7 cm³/mol. The van der Waals surface area contributed by atoms with E-state index in [1.54, 1.807) is 11.1 Å². The standard InChI is InChI=1S/C17H26N4O2/c1-12(2)16(21-10-4-6-15(21)22)17(23)20-9-3-5-13(11-20)14-7-8-18-19-14/h7-8,12-13,16H,3-6,9-11H2,1-2H3,(H,18,19)/t13-,16-/m1/s1. The normalized spacial score (nSPS) is 23.6. The van der Waals surface area contributed by atoms with Crippen LogP contribution in [0.2, 0.25) is 0 Å². The monoisotopic (exact) mass is 318 g/mol. The second kappa shape index (κ2) is 6.72. The highest BCUT2D eigenvalue weighted by Gasteiger charge is 2.38. The first-order valence-corrected chi connectivity index (χ1v) is 8.65. The fourth-order valence-electron chi connectivity index (χ4n) is 3.85. The van der Waals surface area contributed by atoms with E-state index in [0.29, 0.717) is 25.4 Å². The Morgan fingerprint density at radius 2 is 2.17 bits per heavy atom. The van der Waals surface area contributed by atoms with Crippen molar-refractivity contribution in [2.45, 2.75) is 51.5 Å². The van der Waals surface area contributed by atoms with E-state index in [2.05, 4.69) is 10.2 Å². The van der Waals surface area contributed by atoms with E-state index in [1.807, 2.05) is 24.8 Å². The summed E-state index contributed by atoms with van der Waals surface area (Å²) in [6, 6.07) is 1.67. The van der Waals surface area contributed by atoms with E-state index in [0.717, 1.165) is 31.5 Å². The summed E-state index contributed by atoms with van der Waals surface area (Å²) in [6.07, 6.45) is 5.27. The zero-order valence-electron chi connectivity index (χ0n) is 14.0. The van der Waals surface area contributed by atoms with Crippen molar-refractivity contribution in [2.75, 3.05) is 19.6 Å². The van der Waals surface area contributed by atoms with Gasteiger partial charge in [-0.1, -0.05) is 13.8 Å². The van der Waals surface area contributed by atoms with Crippen molar-refractivity contribution in [3.05, 3.63) is 18.0 Å². The van der Waals surface area contributed by atoms with Crippen molar-refractivity contribution in [2.24, 2.45) is 5.92 Å². The molecule has 0 aromatic carbocycles. The number of hydrogen-bond acceptors (Lipinski definition) is 3. The molecule has 0 spiro atoms. The maximum Gasteiger partial charge on any atom is 0.245 e. The van der Waals surface area contributed by atoms with E-state index in [4.69, 9.17) is 0 Å². The first-order valence-electron chi connectivity index (χ1n) is 8.65. The molecule has 2 aliphatic heterocycles. The van der Waals surface area contributed by atoms with Crippen LogP contribution in [0, 0.1) is 5.92 Å². The maximum absolute atomic E-state index is 13.1. The summed E-state index contributed by atoms with van der Waals surface area (Å²) in [7, 11) is 0. The second-order valence-electron chi connectivity index (χ2n) is 7.01. The number of amides is 2. The van der Waals surface area contributed by atoms with E-state index >= 15 is 0 Å². The minimum absolute atomic E-state index is 0.111. The molecule has 0 aliphatic carbocycles. The Balaban J connectivity index is 1.73. The molecule has 1 N–H and O–H groups in total. The molecular formula is C17H26N4O2. The smallest absolute Gasteiger partial charge is 0.245 e. The first kappa shape index (κ1) is 16.0. The van der Waals surface area contributed by atoms with Crippen LogP contribution in [0.25, 0.3) is 0 Å². The fourth-order valence-corrected chi connectivity index (χ4v) is 3.85. The maximum atomic E-state index is 13.1. The lowest BCUT2D eigenvalue weighted by Gasteiger charge is -2.38. The first-order chi connectivity index (χ1) is 11.1. The highest BCUT2D eigenvalue weighted by molar-refractivity contribution is 5.89. The van der Waals surface area contributed by atoms with Crippen molar-refractivity contribution >= 4 is 11.8 Å². The van der Waals surface area contributed by atoms with Gasteiger partial charge in [-0.25, -0.2) is 0 Å². The van der Waals surface area contributed by atoms with Gasteiger partial charge in [0.2, 0.25) is 11.8 Å². The Labute approximate surface area is 137 Å². The summed E-state index contributed by atoms with van der Waals surface area (Å²) in [5.74, 6) is 0.688. The van der Waals surface area contributed by atoms with Crippen LogP contribution in [0.4, 0.5) is 0 Å². The third kappa shape index (κ3) is 3.26. The highest BCUT2D eigenvalue weighted by atomic mass is 16.2. The van der Waals surface area contributed by atoms with Gasteiger partial charge in [0.15, 0.2) is 0 Å². The Bertz CT molecular complexity index is 555. The van der Waals surface area contributed by atoms with Gasteiger partial charge in [0.1, 0.15) is 6.04 Å². The number of likely N-dealkylation sites (tertiary alicyclic amines) is 2. The molecule has 2 aliphatic rings. The second-order valence-corrected chi connectivity index (χ2v) is 7.01. The minimum Gasteiger partial charge on any atom is -0.340 e. The Kier molecular flexibility index (Phi) is 4.68. The van der Waals surface area contributed by atoms with Gasteiger partial charge in [0.25, 0.3) is 0 Å². The van der Waals surface area contributed by atoms with Gasteiger partial charge >= 0.3 is 0 Å². The number of H-pyrrole nitrogens is 1. The number of hydrogen-bond donors (Lipinski definition) is 1.